The summed E-state index contributed by atoms with van der Waals surface area (Å²) in [4.78, 5) is 32.8. The van der Waals surface area contributed by atoms with Crippen LogP contribution in [-0.2, 0) is 24.3 Å². The first kappa shape index (κ1) is 17.7. The Morgan fingerprint density at radius 2 is 1.18 bits per heavy atom. The van der Waals surface area contributed by atoms with Gasteiger partial charge in [-0.25, -0.2) is 9.78 Å². The molecule has 1 heterocycles. The predicted octanol–water partition coefficient (Wildman–Crippen LogP) is 3.00. The van der Waals surface area contributed by atoms with E-state index in [1.54, 1.807) is 0 Å². The molecule has 0 unspecified atom stereocenters. The smallest absolute Gasteiger partial charge is 0.233 e. The minimum Gasteiger partial charge on any atom is -0.369 e. The summed E-state index contributed by atoms with van der Waals surface area (Å²) in [6, 6.07) is 0. The fraction of sp³-hybridized carbons (Fsp3) is 0.938. The molecule has 2 aliphatic rings. The molecule has 2 N–H and O–H groups in total. The highest BCUT2D eigenvalue weighted by atomic mass is 17.3. The van der Waals surface area contributed by atoms with E-state index in [4.69, 9.17) is 25.3 Å². The number of carbonyl (C=O) groups excluding carboxylic acids is 1. The van der Waals surface area contributed by atoms with Crippen molar-refractivity contribution < 1.29 is 24.3 Å². The van der Waals surface area contributed by atoms with Crippen LogP contribution in [0.4, 0.5) is 0 Å². The van der Waals surface area contributed by atoms with Gasteiger partial charge in [-0.15, -0.1) is 0 Å². The highest BCUT2D eigenvalue weighted by Crippen LogP contribution is 2.31. The summed E-state index contributed by atoms with van der Waals surface area (Å²) in [7, 11) is 0. The zero-order chi connectivity index (χ0) is 15.7. The van der Waals surface area contributed by atoms with E-state index >= 15 is 0 Å². The molecule has 1 spiro atoms. The Balaban J connectivity index is 1.89. The molecule has 0 radical (unpaired) electrons. The van der Waals surface area contributed by atoms with E-state index in [-0.39, 0.29) is 13.2 Å². The van der Waals surface area contributed by atoms with Gasteiger partial charge in [0.25, 0.3) is 0 Å². The van der Waals surface area contributed by atoms with Gasteiger partial charge in [0.15, 0.2) is 0 Å². The monoisotopic (exact) mass is 315 g/mol. The van der Waals surface area contributed by atoms with Crippen molar-refractivity contribution >= 4 is 5.91 Å². The summed E-state index contributed by atoms with van der Waals surface area (Å²) in [6.07, 6.45) is 12.3. The summed E-state index contributed by atoms with van der Waals surface area (Å²) in [5.74, 6) is -1.85. The van der Waals surface area contributed by atoms with Crippen molar-refractivity contribution in [1.29, 1.82) is 0 Å². The second-order valence-electron chi connectivity index (χ2n) is 6.43. The van der Waals surface area contributed by atoms with Crippen LogP contribution in [-0.4, -0.2) is 24.9 Å². The fourth-order valence-electron chi connectivity index (χ4n) is 2.99. The SMILES string of the molecule is NC(=O)C1COOC2(CCCCCCCCCCC2)OOC1. The quantitative estimate of drug-likeness (QED) is 0.752. The van der Waals surface area contributed by atoms with Crippen LogP contribution < -0.4 is 5.73 Å². The van der Waals surface area contributed by atoms with E-state index in [9.17, 15) is 4.79 Å². The maximum absolute atomic E-state index is 11.2. The van der Waals surface area contributed by atoms with Gasteiger partial charge in [0.2, 0.25) is 11.7 Å². The van der Waals surface area contributed by atoms with Crippen LogP contribution in [0.2, 0.25) is 0 Å². The molecule has 2 rings (SSSR count). The summed E-state index contributed by atoms with van der Waals surface area (Å²) < 4.78 is 0. The number of nitrogens with two attached hydrogens (primary N) is 1. The van der Waals surface area contributed by atoms with E-state index in [0.29, 0.717) is 0 Å². The van der Waals surface area contributed by atoms with E-state index in [0.717, 1.165) is 25.7 Å². The molecule has 0 bridgehead atoms. The lowest BCUT2D eigenvalue weighted by Crippen LogP contribution is -2.42. The third-order valence-corrected chi connectivity index (χ3v) is 4.48. The van der Waals surface area contributed by atoms with Crippen molar-refractivity contribution in [2.75, 3.05) is 13.2 Å². The van der Waals surface area contributed by atoms with Gasteiger partial charge >= 0.3 is 0 Å². The van der Waals surface area contributed by atoms with E-state index < -0.39 is 17.6 Å². The molecule has 6 nitrogen and oxygen atoms in total. The second-order valence-corrected chi connectivity index (χ2v) is 6.43. The summed E-state index contributed by atoms with van der Waals surface area (Å²) in [6.45, 7) is 0.223. The first-order valence-corrected chi connectivity index (χ1v) is 8.62. The molecule has 0 aromatic heterocycles. The number of rotatable bonds is 1. The van der Waals surface area contributed by atoms with E-state index in [1.165, 1.54) is 44.9 Å². The number of amides is 1. The predicted molar refractivity (Wildman–Crippen MR) is 80.3 cm³/mol. The molecule has 1 saturated carbocycles. The van der Waals surface area contributed by atoms with Gasteiger partial charge in [-0.3, -0.25) is 4.79 Å². The Labute approximate surface area is 132 Å². The van der Waals surface area contributed by atoms with Crippen LogP contribution in [0.25, 0.3) is 0 Å². The molecule has 0 atom stereocenters. The van der Waals surface area contributed by atoms with Gasteiger partial charge in [0, 0.05) is 12.8 Å². The molecule has 22 heavy (non-hydrogen) atoms. The van der Waals surface area contributed by atoms with Crippen LogP contribution in [0.5, 0.6) is 0 Å². The number of carbonyl (C=O) groups is 1. The van der Waals surface area contributed by atoms with Crippen LogP contribution in [0.15, 0.2) is 0 Å². The van der Waals surface area contributed by atoms with Gasteiger partial charge < -0.3 is 5.73 Å². The lowest BCUT2D eigenvalue weighted by atomic mass is 9.97. The van der Waals surface area contributed by atoms with Crippen LogP contribution >= 0.6 is 0 Å². The first-order chi connectivity index (χ1) is 10.7. The molecule has 128 valence electrons. The minimum absolute atomic E-state index is 0.112. The van der Waals surface area contributed by atoms with Gasteiger partial charge in [-0.1, -0.05) is 44.9 Å². The summed E-state index contributed by atoms with van der Waals surface area (Å²) in [5.41, 5.74) is 5.26. The Bertz CT molecular complexity index is 312. The molecule has 1 saturated heterocycles. The van der Waals surface area contributed by atoms with Crippen molar-refractivity contribution in [3.63, 3.8) is 0 Å². The molecule has 1 aliphatic heterocycles. The maximum atomic E-state index is 11.2. The Morgan fingerprint density at radius 3 is 1.59 bits per heavy atom. The number of primary amides is 1. The van der Waals surface area contributed by atoms with Crippen molar-refractivity contribution in [2.24, 2.45) is 11.7 Å². The van der Waals surface area contributed by atoms with Gasteiger partial charge in [-0.2, -0.15) is 9.78 Å². The topological polar surface area (TPSA) is 80.0 Å². The third kappa shape index (κ3) is 5.83. The molecular formula is C16H29NO5. The van der Waals surface area contributed by atoms with Gasteiger partial charge in [0.1, 0.15) is 0 Å². The van der Waals surface area contributed by atoms with E-state index in [2.05, 4.69) is 0 Å². The molecule has 0 aromatic rings. The molecule has 6 heteroatoms. The van der Waals surface area contributed by atoms with Crippen LogP contribution in [0.3, 0.4) is 0 Å². The largest absolute Gasteiger partial charge is 0.369 e. The summed E-state index contributed by atoms with van der Waals surface area (Å²) >= 11 is 0. The molecule has 1 aliphatic carbocycles. The standard InChI is InChI=1S/C16H29NO5/c17-15(18)14-12-19-21-16(22-20-13-14)10-8-6-4-2-1-3-5-7-9-11-16/h14H,1-13H2,(H2,17,18). The molecule has 0 aromatic carbocycles. The first-order valence-electron chi connectivity index (χ1n) is 8.62. The molecule has 1 amide bonds. The Morgan fingerprint density at radius 1 is 0.773 bits per heavy atom. The zero-order valence-corrected chi connectivity index (χ0v) is 13.4. The number of hydrogen-bond acceptors (Lipinski definition) is 5. The molecular weight excluding hydrogens is 286 g/mol. The van der Waals surface area contributed by atoms with Gasteiger partial charge in [-0.05, 0) is 12.8 Å². The Hall–Kier alpha value is -0.690. The third-order valence-electron chi connectivity index (χ3n) is 4.48. The summed E-state index contributed by atoms with van der Waals surface area (Å²) in [5, 5.41) is 0. The lowest BCUT2D eigenvalue weighted by Gasteiger charge is -2.33. The average molecular weight is 315 g/mol. The highest BCUT2D eigenvalue weighted by Gasteiger charge is 2.37. The second kappa shape index (κ2) is 9.45. The zero-order valence-electron chi connectivity index (χ0n) is 13.4. The highest BCUT2D eigenvalue weighted by molar-refractivity contribution is 5.76. The van der Waals surface area contributed by atoms with E-state index in [1.807, 2.05) is 0 Å². The molecule has 2 fully saturated rings. The maximum Gasteiger partial charge on any atom is 0.233 e. The minimum atomic E-state index is -0.845. The lowest BCUT2D eigenvalue weighted by molar-refractivity contribution is -0.529. The van der Waals surface area contributed by atoms with Crippen LogP contribution in [0.1, 0.15) is 70.6 Å². The van der Waals surface area contributed by atoms with Crippen molar-refractivity contribution in [3.05, 3.63) is 0 Å². The fourth-order valence-corrected chi connectivity index (χ4v) is 2.99. The normalized spacial score (nSPS) is 26.4. The van der Waals surface area contributed by atoms with Crippen molar-refractivity contribution in [1.82, 2.24) is 0 Å². The van der Waals surface area contributed by atoms with Gasteiger partial charge in [0.05, 0.1) is 19.1 Å². The van der Waals surface area contributed by atoms with Crippen molar-refractivity contribution in [3.8, 4) is 0 Å². The Kier molecular flexibility index (Phi) is 7.59. The van der Waals surface area contributed by atoms with Crippen molar-refractivity contribution in [2.45, 2.75) is 76.4 Å². The van der Waals surface area contributed by atoms with Crippen LogP contribution in [0, 0.1) is 5.92 Å². The number of hydrogen-bond donors (Lipinski definition) is 1. The average Bonchev–Trinajstić information content (AvgIpc) is 2.45.